The first-order chi connectivity index (χ1) is 9.65. The van der Waals surface area contributed by atoms with E-state index in [2.05, 4.69) is 10.4 Å². The highest BCUT2D eigenvalue weighted by atomic mass is 16.1. The summed E-state index contributed by atoms with van der Waals surface area (Å²) in [5.74, 6) is -0.00768. The molecule has 0 saturated carbocycles. The van der Waals surface area contributed by atoms with Crippen molar-refractivity contribution in [1.29, 1.82) is 0 Å². The van der Waals surface area contributed by atoms with Crippen molar-refractivity contribution in [2.75, 3.05) is 0 Å². The maximum Gasteiger partial charge on any atom is 0.251 e. The second-order valence-corrected chi connectivity index (χ2v) is 5.45. The summed E-state index contributed by atoms with van der Waals surface area (Å²) in [6, 6.07) is 7.76. The molecule has 4 nitrogen and oxygen atoms in total. The van der Waals surface area contributed by atoms with Gasteiger partial charge < -0.3 is 5.32 Å². The number of fused-ring (bicyclic) bond motifs is 1. The molecule has 3 rings (SSSR count). The minimum atomic E-state index is -0.00768. The van der Waals surface area contributed by atoms with Crippen LogP contribution >= 0.6 is 0 Å². The highest BCUT2D eigenvalue weighted by Crippen LogP contribution is 2.29. The standard InChI is InChI=1S/C16H19N3O/c1-11-6-8-12(9-7-11)16(20)18-14-4-3-5-15-13(14)10-17-19(15)2/h6-10,14H,3-5H2,1-2H3,(H,18,20)/t14-/m1/s1. The van der Waals surface area contributed by atoms with Crippen molar-refractivity contribution in [3.05, 3.63) is 52.8 Å². The van der Waals surface area contributed by atoms with Crippen molar-refractivity contribution in [3.8, 4) is 0 Å². The largest absolute Gasteiger partial charge is 0.345 e. The lowest BCUT2D eigenvalue weighted by atomic mass is 9.92. The second-order valence-electron chi connectivity index (χ2n) is 5.45. The minimum Gasteiger partial charge on any atom is -0.345 e. The van der Waals surface area contributed by atoms with Gasteiger partial charge >= 0.3 is 0 Å². The van der Waals surface area contributed by atoms with Gasteiger partial charge in [0.2, 0.25) is 0 Å². The molecule has 1 aromatic heterocycles. The van der Waals surface area contributed by atoms with Gasteiger partial charge in [-0.3, -0.25) is 9.48 Å². The molecule has 1 aromatic carbocycles. The number of benzene rings is 1. The summed E-state index contributed by atoms with van der Waals surface area (Å²) in [6.07, 6.45) is 5.00. The van der Waals surface area contributed by atoms with Crippen LogP contribution in [-0.2, 0) is 13.5 Å². The summed E-state index contributed by atoms with van der Waals surface area (Å²) in [5, 5.41) is 7.44. The predicted octanol–water partition coefficient (Wildman–Crippen LogP) is 2.54. The van der Waals surface area contributed by atoms with Crippen molar-refractivity contribution in [2.45, 2.75) is 32.2 Å². The summed E-state index contributed by atoms with van der Waals surface area (Å²) < 4.78 is 1.92. The zero-order valence-corrected chi connectivity index (χ0v) is 11.9. The Morgan fingerprint density at radius 2 is 2.10 bits per heavy atom. The second kappa shape index (κ2) is 5.12. The normalized spacial score (nSPS) is 17.6. The summed E-state index contributed by atoms with van der Waals surface area (Å²) in [7, 11) is 1.96. The van der Waals surface area contributed by atoms with Crippen LogP contribution in [0.4, 0.5) is 0 Å². The molecule has 4 heteroatoms. The average Bonchev–Trinajstić information content (AvgIpc) is 2.82. The van der Waals surface area contributed by atoms with E-state index in [1.54, 1.807) is 0 Å². The number of aryl methyl sites for hydroxylation is 2. The molecule has 2 aromatic rings. The van der Waals surface area contributed by atoms with E-state index in [0.29, 0.717) is 5.56 Å². The number of nitrogens with one attached hydrogen (secondary N) is 1. The zero-order valence-electron chi connectivity index (χ0n) is 11.9. The maximum atomic E-state index is 12.3. The van der Waals surface area contributed by atoms with Gasteiger partial charge in [-0.25, -0.2) is 0 Å². The topological polar surface area (TPSA) is 46.9 Å². The van der Waals surface area contributed by atoms with Crippen LogP contribution in [0.1, 0.15) is 46.1 Å². The number of aromatic nitrogens is 2. The molecule has 1 aliphatic rings. The smallest absolute Gasteiger partial charge is 0.251 e. The van der Waals surface area contributed by atoms with E-state index in [1.807, 2.05) is 49.1 Å². The van der Waals surface area contributed by atoms with Crippen molar-refractivity contribution in [1.82, 2.24) is 15.1 Å². The molecule has 20 heavy (non-hydrogen) atoms. The molecule has 0 radical (unpaired) electrons. The Morgan fingerprint density at radius 3 is 2.85 bits per heavy atom. The van der Waals surface area contributed by atoms with Gasteiger partial charge in [0.05, 0.1) is 12.2 Å². The number of carbonyl (C=O) groups excluding carboxylic acids is 1. The fraction of sp³-hybridized carbons (Fsp3) is 0.375. The Labute approximate surface area is 118 Å². The molecule has 0 saturated heterocycles. The van der Waals surface area contributed by atoms with E-state index < -0.39 is 0 Å². The Morgan fingerprint density at radius 1 is 1.35 bits per heavy atom. The van der Waals surface area contributed by atoms with Crippen LogP contribution < -0.4 is 5.32 Å². The highest BCUT2D eigenvalue weighted by Gasteiger charge is 2.24. The number of hydrogen-bond acceptors (Lipinski definition) is 2. The van der Waals surface area contributed by atoms with Gasteiger partial charge in [0.1, 0.15) is 0 Å². The molecular weight excluding hydrogens is 250 g/mol. The highest BCUT2D eigenvalue weighted by molar-refractivity contribution is 5.94. The van der Waals surface area contributed by atoms with Crippen LogP contribution in [0.15, 0.2) is 30.5 Å². The molecule has 1 aliphatic carbocycles. The van der Waals surface area contributed by atoms with E-state index in [-0.39, 0.29) is 11.9 Å². The van der Waals surface area contributed by atoms with Crippen LogP contribution in [0, 0.1) is 6.92 Å². The third kappa shape index (κ3) is 2.33. The van der Waals surface area contributed by atoms with Crippen LogP contribution in [0.3, 0.4) is 0 Å². The lowest BCUT2D eigenvalue weighted by molar-refractivity contribution is 0.0932. The van der Waals surface area contributed by atoms with Gasteiger partial charge in [-0.2, -0.15) is 5.10 Å². The van der Waals surface area contributed by atoms with Crippen molar-refractivity contribution >= 4 is 5.91 Å². The molecule has 0 unspecified atom stereocenters. The molecule has 0 bridgehead atoms. The van der Waals surface area contributed by atoms with Crippen molar-refractivity contribution in [2.24, 2.45) is 7.05 Å². The fourth-order valence-electron chi connectivity index (χ4n) is 2.80. The van der Waals surface area contributed by atoms with Crippen LogP contribution in [0.25, 0.3) is 0 Å². The third-order valence-corrected chi connectivity index (χ3v) is 3.99. The molecular formula is C16H19N3O. The molecule has 104 valence electrons. The van der Waals surface area contributed by atoms with Crippen LogP contribution in [0.5, 0.6) is 0 Å². The number of rotatable bonds is 2. The van der Waals surface area contributed by atoms with Crippen molar-refractivity contribution in [3.63, 3.8) is 0 Å². The molecule has 1 N–H and O–H groups in total. The Hall–Kier alpha value is -2.10. The Balaban J connectivity index is 1.78. The van der Waals surface area contributed by atoms with E-state index in [1.165, 1.54) is 11.3 Å². The maximum absolute atomic E-state index is 12.3. The van der Waals surface area contributed by atoms with Crippen LogP contribution in [-0.4, -0.2) is 15.7 Å². The van der Waals surface area contributed by atoms with Gasteiger partial charge in [-0.15, -0.1) is 0 Å². The summed E-state index contributed by atoms with van der Waals surface area (Å²) in [5.41, 5.74) is 4.28. The molecule has 1 atom stereocenters. The minimum absolute atomic E-state index is 0.00768. The lowest BCUT2D eigenvalue weighted by Crippen LogP contribution is -2.30. The lowest BCUT2D eigenvalue weighted by Gasteiger charge is -2.23. The first-order valence-corrected chi connectivity index (χ1v) is 7.03. The first kappa shape index (κ1) is 12.9. The molecule has 0 aliphatic heterocycles. The number of nitrogens with zero attached hydrogens (tertiary/aromatic N) is 2. The summed E-state index contributed by atoms with van der Waals surface area (Å²) in [6.45, 7) is 2.02. The SMILES string of the molecule is Cc1ccc(C(=O)N[C@@H]2CCCc3c2cnn3C)cc1. The molecule has 0 fully saturated rings. The molecule has 1 heterocycles. The van der Waals surface area contributed by atoms with Gasteiger partial charge in [-0.1, -0.05) is 17.7 Å². The summed E-state index contributed by atoms with van der Waals surface area (Å²) in [4.78, 5) is 12.3. The Kier molecular flexibility index (Phi) is 3.30. The first-order valence-electron chi connectivity index (χ1n) is 7.03. The van der Waals surface area contributed by atoms with Crippen LogP contribution in [0.2, 0.25) is 0 Å². The molecule has 0 spiro atoms. The van der Waals surface area contributed by atoms with Gasteiger partial charge in [0.25, 0.3) is 5.91 Å². The predicted molar refractivity (Wildman–Crippen MR) is 77.5 cm³/mol. The number of carbonyl (C=O) groups is 1. The third-order valence-electron chi connectivity index (χ3n) is 3.99. The quantitative estimate of drug-likeness (QED) is 0.910. The van der Waals surface area contributed by atoms with Gasteiger partial charge in [0, 0.05) is 23.9 Å². The molecule has 1 amide bonds. The number of hydrogen-bond donors (Lipinski definition) is 1. The number of amides is 1. The summed E-state index contributed by atoms with van der Waals surface area (Å²) >= 11 is 0. The van der Waals surface area contributed by atoms with E-state index in [0.717, 1.165) is 24.8 Å². The average molecular weight is 269 g/mol. The monoisotopic (exact) mass is 269 g/mol. The Bertz CT molecular complexity index is 628. The zero-order chi connectivity index (χ0) is 14.1. The van der Waals surface area contributed by atoms with Gasteiger partial charge in [0.15, 0.2) is 0 Å². The van der Waals surface area contributed by atoms with Crippen molar-refractivity contribution < 1.29 is 4.79 Å². The van der Waals surface area contributed by atoms with E-state index in [9.17, 15) is 4.79 Å². The van der Waals surface area contributed by atoms with E-state index in [4.69, 9.17) is 0 Å². The van der Waals surface area contributed by atoms with Gasteiger partial charge in [-0.05, 0) is 38.3 Å². The van der Waals surface area contributed by atoms with E-state index >= 15 is 0 Å². The fourth-order valence-corrected chi connectivity index (χ4v) is 2.80.